The van der Waals surface area contributed by atoms with Crippen molar-refractivity contribution < 1.29 is 14.3 Å². The second kappa shape index (κ2) is 6.60. The summed E-state index contributed by atoms with van der Waals surface area (Å²) < 4.78 is 14.2. The summed E-state index contributed by atoms with van der Waals surface area (Å²) in [4.78, 5) is 14.7. The number of hydrogen-bond acceptors (Lipinski definition) is 2. The van der Waals surface area contributed by atoms with Gasteiger partial charge in [0.25, 0.3) is 0 Å². The van der Waals surface area contributed by atoms with E-state index in [1.54, 1.807) is 18.2 Å². The van der Waals surface area contributed by atoms with Crippen LogP contribution in [0.5, 0.6) is 0 Å². The summed E-state index contributed by atoms with van der Waals surface area (Å²) in [5, 5.41) is 14.3. The average molecular weight is 346 g/mol. The first kappa shape index (κ1) is 16.8. The number of amides is 2. The van der Waals surface area contributed by atoms with Gasteiger partial charge in [0, 0.05) is 36.5 Å². The number of rotatable bonds is 2. The fourth-order valence-electron chi connectivity index (χ4n) is 5.11. The molecule has 1 aromatic rings. The fourth-order valence-corrected chi connectivity index (χ4v) is 5.11. The van der Waals surface area contributed by atoms with E-state index in [-0.39, 0.29) is 30.0 Å². The number of nitrogens with zero attached hydrogens (tertiary/aromatic N) is 1. The average Bonchev–Trinajstić information content (AvgIpc) is 2.89. The molecule has 2 N–H and O–H groups in total. The summed E-state index contributed by atoms with van der Waals surface area (Å²) in [5.41, 5.74) is -0.794. The zero-order chi connectivity index (χ0) is 17.4. The highest BCUT2D eigenvalue weighted by atomic mass is 19.1. The van der Waals surface area contributed by atoms with Crippen LogP contribution >= 0.6 is 0 Å². The summed E-state index contributed by atoms with van der Waals surface area (Å²) in [6.07, 6.45) is 8.37. The smallest absolute Gasteiger partial charge is 0.318 e. The van der Waals surface area contributed by atoms with E-state index < -0.39 is 5.60 Å². The molecule has 2 unspecified atom stereocenters. The van der Waals surface area contributed by atoms with Gasteiger partial charge in [0.15, 0.2) is 0 Å². The second-order valence-corrected chi connectivity index (χ2v) is 8.00. The van der Waals surface area contributed by atoms with Crippen LogP contribution in [0.3, 0.4) is 0 Å². The molecule has 2 amide bonds. The van der Waals surface area contributed by atoms with Crippen LogP contribution in [0, 0.1) is 5.82 Å². The van der Waals surface area contributed by atoms with Crippen molar-refractivity contribution in [2.45, 2.75) is 81.5 Å². The van der Waals surface area contributed by atoms with E-state index in [9.17, 15) is 14.3 Å². The van der Waals surface area contributed by atoms with Crippen LogP contribution in [-0.2, 0) is 5.60 Å². The Hall–Kier alpha value is -1.62. The molecule has 0 aromatic heterocycles. The zero-order valence-electron chi connectivity index (χ0n) is 14.6. The predicted octanol–water partition coefficient (Wildman–Crippen LogP) is 3.68. The Morgan fingerprint density at radius 3 is 2.36 bits per heavy atom. The largest absolute Gasteiger partial charge is 0.385 e. The summed E-state index contributed by atoms with van der Waals surface area (Å²) in [5.74, 6) is -0.357. The molecule has 2 saturated heterocycles. The van der Waals surface area contributed by atoms with E-state index in [1.165, 1.54) is 25.3 Å². The minimum absolute atomic E-state index is 0.00746. The van der Waals surface area contributed by atoms with E-state index >= 15 is 0 Å². The lowest BCUT2D eigenvalue weighted by Gasteiger charge is -2.44. The van der Waals surface area contributed by atoms with Gasteiger partial charge in [-0.1, -0.05) is 37.5 Å². The van der Waals surface area contributed by atoms with E-state index in [0.717, 1.165) is 25.7 Å². The van der Waals surface area contributed by atoms with E-state index in [2.05, 4.69) is 5.32 Å². The van der Waals surface area contributed by atoms with Crippen molar-refractivity contribution in [1.82, 2.24) is 10.2 Å². The van der Waals surface area contributed by atoms with Crippen molar-refractivity contribution in [1.29, 1.82) is 0 Å². The van der Waals surface area contributed by atoms with Gasteiger partial charge in [-0.25, -0.2) is 9.18 Å². The maximum atomic E-state index is 14.2. The molecule has 2 bridgehead atoms. The highest BCUT2D eigenvalue weighted by Crippen LogP contribution is 2.46. The molecule has 1 aromatic carbocycles. The van der Waals surface area contributed by atoms with Gasteiger partial charge in [0.1, 0.15) is 5.82 Å². The molecule has 4 nitrogen and oxygen atoms in total. The molecule has 4 rings (SSSR count). The fraction of sp³-hybridized carbons (Fsp3) is 0.650. The van der Waals surface area contributed by atoms with Gasteiger partial charge in [0.2, 0.25) is 0 Å². The minimum Gasteiger partial charge on any atom is -0.385 e. The van der Waals surface area contributed by atoms with Crippen LogP contribution < -0.4 is 5.32 Å². The van der Waals surface area contributed by atoms with Crippen LogP contribution in [0.1, 0.15) is 63.4 Å². The third-order valence-electron chi connectivity index (χ3n) is 6.31. The molecule has 3 fully saturated rings. The third-order valence-corrected chi connectivity index (χ3v) is 6.31. The van der Waals surface area contributed by atoms with Crippen molar-refractivity contribution >= 4 is 6.03 Å². The number of halogens is 1. The van der Waals surface area contributed by atoms with Gasteiger partial charge in [-0.2, -0.15) is 0 Å². The van der Waals surface area contributed by atoms with Gasteiger partial charge in [0.05, 0.1) is 5.60 Å². The molecule has 2 aliphatic heterocycles. The predicted molar refractivity (Wildman–Crippen MR) is 93.6 cm³/mol. The zero-order valence-corrected chi connectivity index (χ0v) is 14.6. The summed E-state index contributed by atoms with van der Waals surface area (Å²) >= 11 is 0. The van der Waals surface area contributed by atoms with Crippen molar-refractivity contribution in [3.05, 3.63) is 35.6 Å². The maximum Gasteiger partial charge on any atom is 0.318 e. The molecule has 2 atom stereocenters. The lowest BCUT2D eigenvalue weighted by molar-refractivity contribution is -0.0462. The number of nitrogens with one attached hydrogen (secondary N) is 1. The van der Waals surface area contributed by atoms with Crippen LogP contribution in [0.25, 0.3) is 0 Å². The number of hydrogen-bond donors (Lipinski definition) is 2. The van der Waals surface area contributed by atoms with Crippen LogP contribution in [0.4, 0.5) is 9.18 Å². The van der Waals surface area contributed by atoms with Crippen molar-refractivity contribution in [2.75, 3.05) is 0 Å². The number of aliphatic hydroxyl groups is 1. The molecule has 1 aliphatic carbocycles. The third kappa shape index (κ3) is 3.14. The van der Waals surface area contributed by atoms with Gasteiger partial charge in [-0.05, 0) is 31.7 Å². The molecule has 25 heavy (non-hydrogen) atoms. The van der Waals surface area contributed by atoms with Crippen LogP contribution in [-0.4, -0.2) is 34.2 Å². The van der Waals surface area contributed by atoms with E-state index in [4.69, 9.17) is 0 Å². The lowest BCUT2D eigenvalue weighted by atomic mass is 9.80. The first-order chi connectivity index (χ1) is 12.1. The quantitative estimate of drug-likeness (QED) is 0.858. The monoisotopic (exact) mass is 346 g/mol. The Bertz CT molecular complexity index is 630. The van der Waals surface area contributed by atoms with Crippen LogP contribution in [0.15, 0.2) is 24.3 Å². The number of carbonyl (C=O) groups excluding carboxylic acids is 1. The minimum atomic E-state index is -1.17. The SMILES string of the molecule is O=C(NC1CCCCC1)N1C2CCC1CC(O)(c1ccccc1F)C2. The van der Waals surface area contributed by atoms with Gasteiger partial charge in [-0.3, -0.25) is 0 Å². The molecule has 136 valence electrons. The Kier molecular flexibility index (Phi) is 4.44. The molecule has 3 aliphatic rings. The topological polar surface area (TPSA) is 52.6 Å². The number of benzene rings is 1. The van der Waals surface area contributed by atoms with Crippen molar-refractivity contribution in [3.63, 3.8) is 0 Å². The maximum absolute atomic E-state index is 14.2. The van der Waals surface area contributed by atoms with Gasteiger partial charge >= 0.3 is 6.03 Å². The normalized spacial score (nSPS) is 32.6. The molecular formula is C20H27FN2O2. The standard InChI is InChI=1S/C20H27FN2O2/c21-18-9-5-4-8-17(18)20(25)12-15-10-11-16(13-20)23(15)19(24)22-14-6-2-1-3-7-14/h4-5,8-9,14-16,25H,1-3,6-7,10-13H2,(H,22,24). The molecule has 5 heteroatoms. The second-order valence-electron chi connectivity index (χ2n) is 8.00. The Morgan fingerprint density at radius 1 is 1.08 bits per heavy atom. The lowest BCUT2D eigenvalue weighted by Crippen LogP contribution is -2.56. The Balaban J connectivity index is 1.48. The molecule has 0 spiro atoms. The Labute approximate surface area is 148 Å². The van der Waals surface area contributed by atoms with Gasteiger partial charge in [-0.15, -0.1) is 0 Å². The first-order valence-electron chi connectivity index (χ1n) is 9.63. The molecule has 2 heterocycles. The van der Waals surface area contributed by atoms with Gasteiger partial charge < -0.3 is 15.3 Å². The summed E-state index contributed by atoms with van der Waals surface area (Å²) in [6, 6.07) is 6.76. The van der Waals surface area contributed by atoms with Crippen molar-refractivity contribution in [3.8, 4) is 0 Å². The van der Waals surface area contributed by atoms with Crippen LogP contribution in [0.2, 0.25) is 0 Å². The number of piperidine rings is 1. The number of fused-ring (bicyclic) bond motifs is 2. The molecule has 1 saturated carbocycles. The Morgan fingerprint density at radius 2 is 1.72 bits per heavy atom. The molecular weight excluding hydrogens is 319 g/mol. The summed E-state index contributed by atoms with van der Waals surface area (Å²) in [7, 11) is 0. The van der Waals surface area contributed by atoms with Crippen molar-refractivity contribution in [2.24, 2.45) is 0 Å². The number of urea groups is 1. The highest BCUT2D eigenvalue weighted by molar-refractivity contribution is 5.76. The van der Waals surface area contributed by atoms with E-state index in [1.807, 2.05) is 4.90 Å². The van der Waals surface area contributed by atoms with E-state index in [0.29, 0.717) is 18.4 Å². The summed E-state index contributed by atoms with van der Waals surface area (Å²) in [6.45, 7) is 0. The highest BCUT2D eigenvalue weighted by Gasteiger charge is 2.50. The molecule has 0 radical (unpaired) electrons. The number of carbonyl (C=O) groups is 1. The first-order valence-corrected chi connectivity index (χ1v) is 9.63.